The molecule has 5 heteroatoms. The lowest BCUT2D eigenvalue weighted by molar-refractivity contribution is -0.136. The molecule has 0 atom stereocenters. The average molecular weight is 313 g/mol. The molecule has 0 saturated carbocycles. The van der Waals surface area contributed by atoms with Gasteiger partial charge in [-0.3, -0.25) is 4.79 Å². The van der Waals surface area contributed by atoms with Crippen LogP contribution in [-0.2, 0) is 17.8 Å². The van der Waals surface area contributed by atoms with Crippen LogP contribution in [0.15, 0.2) is 48.5 Å². The molecule has 0 fully saturated rings. The lowest BCUT2D eigenvalue weighted by atomic mass is 10.1. The summed E-state index contributed by atoms with van der Waals surface area (Å²) in [6.07, 6.45) is -0.00570. The third-order valence-electron chi connectivity index (χ3n) is 3.65. The Kier molecular flexibility index (Phi) is 5.36. The molecular formula is C18H19NO4. The fourth-order valence-electron chi connectivity index (χ4n) is 2.46. The second kappa shape index (κ2) is 7.45. The number of carboxylic acid groups (broad SMARTS) is 2. The summed E-state index contributed by atoms with van der Waals surface area (Å²) in [5.74, 6) is -1.80. The van der Waals surface area contributed by atoms with Gasteiger partial charge in [0.25, 0.3) is 0 Å². The lowest BCUT2D eigenvalue weighted by Gasteiger charge is -2.24. The Bertz CT molecular complexity index is 694. The van der Waals surface area contributed by atoms with Crippen LogP contribution < -0.4 is 4.90 Å². The number of nitrogens with zero attached hydrogens (tertiary/aromatic N) is 1. The Morgan fingerprint density at radius 2 is 1.65 bits per heavy atom. The summed E-state index contributed by atoms with van der Waals surface area (Å²) in [5.41, 5.74) is 2.72. The quantitative estimate of drug-likeness (QED) is 0.821. The zero-order valence-electron chi connectivity index (χ0n) is 12.9. The van der Waals surface area contributed by atoms with Crippen molar-refractivity contribution in [3.05, 3.63) is 65.2 Å². The van der Waals surface area contributed by atoms with E-state index >= 15 is 0 Å². The van der Waals surface area contributed by atoms with Gasteiger partial charge in [0.05, 0.1) is 12.0 Å². The minimum Gasteiger partial charge on any atom is -0.481 e. The molecule has 2 N–H and O–H groups in total. The van der Waals surface area contributed by atoms with Gasteiger partial charge in [-0.05, 0) is 36.2 Å². The molecule has 0 amide bonds. The van der Waals surface area contributed by atoms with Crippen LogP contribution in [0.3, 0.4) is 0 Å². The molecule has 5 nitrogen and oxygen atoms in total. The van der Waals surface area contributed by atoms with Crippen molar-refractivity contribution in [2.75, 3.05) is 11.4 Å². The largest absolute Gasteiger partial charge is 0.481 e. The second-order valence-corrected chi connectivity index (χ2v) is 5.21. The monoisotopic (exact) mass is 313 g/mol. The summed E-state index contributed by atoms with van der Waals surface area (Å²) >= 11 is 0. The summed E-state index contributed by atoms with van der Waals surface area (Å²) in [4.78, 5) is 24.1. The van der Waals surface area contributed by atoms with E-state index in [2.05, 4.69) is 0 Å². The maximum absolute atomic E-state index is 11.3. The molecule has 0 bridgehead atoms. The first-order valence-corrected chi connectivity index (χ1v) is 7.38. The van der Waals surface area contributed by atoms with Crippen LogP contribution in [0.25, 0.3) is 0 Å². The van der Waals surface area contributed by atoms with Crippen molar-refractivity contribution in [2.45, 2.75) is 19.9 Å². The van der Waals surface area contributed by atoms with E-state index in [0.29, 0.717) is 18.7 Å². The molecule has 0 heterocycles. The Morgan fingerprint density at radius 1 is 1.00 bits per heavy atom. The van der Waals surface area contributed by atoms with E-state index in [1.165, 1.54) is 0 Å². The second-order valence-electron chi connectivity index (χ2n) is 5.21. The van der Waals surface area contributed by atoms with Crippen molar-refractivity contribution in [3.8, 4) is 0 Å². The number of hydrogen-bond acceptors (Lipinski definition) is 3. The van der Waals surface area contributed by atoms with E-state index in [9.17, 15) is 14.7 Å². The van der Waals surface area contributed by atoms with Crippen LogP contribution in [0.2, 0.25) is 0 Å². The van der Waals surface area contributed by atoms with E-state index in [1.54, 1.807) is 24.3 Å². The predicted octanol–water partition coefficient (Wildman–Crippen LogP) is 3.04. The molecule has 2 aromatic rings. The number of rotatable bonds is 7. The minimum absolute atomic E-state index is 0.00570. The van der Waals surface area contributed by atoms with E-state index in [0.717, 1.165) is 16.8 Å². The van der Waals surface area contributed by atoms with Gasteiger partial charge in [0.1, 0.15) is 0 Å². The summed E-state index contributed by atoms with van der Waals surface area (Å²) in [5, 5.41) is 18.1. The molecule has 2 aromatic carbocycles. The number of anilines is 1. The molecule has 23 heavy (non-hydrogen) atoms. The maximum atomic E-state index is 11.3. The molecule has 0 aliphatic carbocycles. The molecule has 0 aliphatic rings. The maximum Gasteiger partial charge on any atom is 0.336 e. The van der Waals surface area contributed by atoms with Crippen LogP contribution in [0, 0.1) is 0 Å². The zero-order valence-corrected chi connectivity index (χ0v) is 12.9. The molecule has 0 radical (unpaired) electrons. The Morgan fingerprint density at radius 3 is 2.22 bits per heavy atom. The third kappa shape index (κ3) is 4.32. The lowest BCUT2D eigenvalue weighted by Crippen LogP contribution is -2.23. The number of benzene rings is 2. The average Bonchev–Trinajstić information content (AvgIpc) is 2.53. The van der Waals surface area contributed by atoms with Gasteiger partial charge in [0.15, 0.2) is 0 Å². The van der Waals surface area contributed by atoms with Gasteiger partial charge in [-0.25, -0.2) is 4.79 Å². The topological polar surface area (TPSA) is 77.8 Å². The van der Waals surface area contributed by atoms with E-state index in [-0.39, 0.29) is 6.42 Å². The van der Waals surface area contributed by atoms with Crippen molar-refractivity contribution in [1.82, 2.24) is 0 Å². The highest BCUT2D eigenvalue weighted by atomic mass is 16.4. The Labute approximate surface area is 134 Å². The van der Waals surface area contributed by atoms with Crippen molar-refractivity contribution in [2.24, 2.45) is 0 Å². The van der Waals surface area contributed by atoms with E-state index in [4.69, 9.17) is 5.11 Å². The van der Waals surface area contributed by atoms with Crippen molar-refractivity contribution in [1.29, 1.82) is 0 Å². The van der Waals surface area contributed by atoms with Crippen LogP contribution in [-0.4, -0.2) is 28.7 Å². The van der Waals surface area contributed by atoms with Gasteiger partial charge < -0.3 is 15.1 Å². The Balaban J connectivity index is 2.20. The van der Waals surface area contributed by atoms with Crippen LogP contribution >= 0.6 is 0 Å². The van der Waals surface area contributed by atoms with Crippen molar-refractivity contribution in [3.63, 3.8) is 0 Å². The Hall–Kier alpha value is -2.82. The van der Waals surface area contributed by atoms with Gasteiger partial charge in [0, 0.05) is 18.8 Å². The molecule has 2 rings (SSSR count). The van der Waals surface area contributed by atoms with Gasteiger partial charge in [0.2, 0.25) is 0 Å². The smallest absolute Gasteiger partial charge is 0.336 e. The first kappa shape index (κ1) is 16.5. The zero-order chi connectivity index (χ0) is 16.8. The van der Waals surface area contributed by atoms with Crippen LogP contribution in [0.1, 0.15) is 28.4 Å². The predicted molar refractivity (Wildman–Crippen MR) is 87.9 cm³/mol. The van der Waals surface area contributed by atoms with E-state index in [1.807, 2.05) is 36.1 Å². The fourth-order valence-corrected chi connectivity index (χ4v) is 2.46. The third-order valence-corrected chi connectivity index (χ3v) is 3.65. The number of aromatic carboxylic acids is 1. The highest BCUT2D eigenvalue weighted by Crippen LogP contribution is 2.20. The number of carboxylic acids is 2. The van der Waals surface area contributed by atoms with Gasteiger partial charge in [-0.15, -0.1) is 0 Å². The molecule has 0 aliphatic heterocycles. The summed E-state index contributed by atoms with van der Waals surface area (Å²) in [6.45, 7) is 3.19. The number of aliphatic carboxylic acids is 1. The van der Waals surface area contributed by atoms with E-state index < -0.39 is 11.9 Å². The molecule has 0 unspecified atom stereocenters. The summed E-state index contributed by atoms with van der Waals surface area (Å²) in [6, 6.07) is 14.3. The highest BCUT2D eigenvalue weighted by molar-refractivity contribution is 5.89. The molecule has 0 saturated heterocycles. The van der Waals surface area contributed by atoms with Gasteiger partial charge >= 0.3 is 11.9 Å². The SMILES string of the molecule is CCN(Cc1ccccc1C(=O)O)c1ccc(CC(=O)O)cc1. The van der Waals surface area contributed by atoms with Crippen LogP contribution in [0.5, 0.6) is 0 Å². The molecule has 120 valence electrons. The minimum atomic E-state index is -0.937. The highest BCUT2D eigenvalue weighted by Gasteiger charge is 2.13. The first-order valence-electron chi connectivity index (χ1n) is 7.38. The number of carbonyl (C=O) groups is 2. The van der Waals surface area contributed by atoms with Crippen molar-refractivity contribution >= 4 is 17.6 Å². The molecular weight excluding hydrogens is 294 g/mol. The fraction of sp³-hybridized carbons (Fsp3) is 0.222. The van der Waals surface area contributed by atoms with Crippen molar-refractivity contribution < 1.29 is 19.8 Å². The van der Waals surface area contributed by atoms with Gasteiger partial charge in [-0.1, -0.05) is 30.3 Å². The summed E-state index contributed by atoms with van der Waals surface area (Å²) < 4.78 is 0. The molecule has 0 aromatic heterocycles. The normalized spacial score (nSPS) is 10.3. The number of hydrogen-bond donors (Lipinski definition) is 2. The molecule has 0 spiro atoms. The van der Waals surface area contributed by atoms with Gasteiger partial charge in [-0.2, -0.15) is 0 Å². The standard InChI is InChI=1S/C18H19NO4/c1-2-19(12-14-5-3-4-6-16(14)18(22)23)15-9-7-13(8-10-15)11-17(20)21/h3-10H,2,11-12H2,1H3,(H,20,21)(H,22,23). The first-order chi connectivity index (χ1) is 11.0. The van der Waals surface area contributed by atoms with Crippen LogP contribution in [0.4, 0.5) is 5.69 Å². The summed E-state index contributed by atoms with van der Waals surface area (Å²) in [7, 11) is 0.